The molecule has 0 atom stereocenters. The van der Waals surface area contributed by atoms with Gasteiger partial charge in [0.1, 0.15) is 17.3 Å². The summed E-state index contributed by atoms with van der Waals surface area (Å²) >= 11 is 11.6. The van der Waals surface area contributed by atoms with Gasteiger partial charge in [0.05, 0.1) is 15.6 Å². The van der Waals surface area contributed by atoms with E-state index in [-0.39, 0.29) is 21.3 Å². The lowest BCUT2D eigenvalue weighted by atomic mass is 10.2. The highest BCUT2D eigenvalue weighted by Gasteiger charge is 2.32. The Morgan fingerprint density at radius 1 is 1.32 bits per heavy atom. The second kappa shape index (κ2) is 5.51. The van der Waals surface area contributed by atoms with Crippen molar-refractivity contribution in [1.82, 2.24) is 9.78 Å². The number of carboxylic acid groups (broad SMARTS) is 1. The predicted octanol–water partition coefficient (Wildman–Crippen LogP) is 3.77. The van der Waals surface area contributed by atoms with E-state index in [9.17, 15) is 18.0 Å². The first-order valence-corrected chi connectivity index (χ1v) is 6.20. The average Bonchev–Trinajstić information content (AvgIpc) is 2.80. The average molecular weight is 350 g/mol. The quantitative estimate of drug-likeness (QED) is 0.894. The van der Waals surface area contributed by atoms with Crippen molar-refractivity contribution < 1.29 is 23.1 Å². The van der Waals surface area contributed by atoms with Crippen LogP contribution in [0.5, 0.6) is 0 Å². The van der Waals surface area contributed by atoms with Crippen LogP contribution in [0.4, 0.5) is 13.2 Å². The highest BCUT2D eigenvalue weighted by molar-refractivity contribution is 6.37. The molecule has 0 aliphatic heterocycles. The Labute approximate surface area is 131 Å². The number of aromatic carboxylic acids is 1. The van der Waals surface area contributed by atoms with Gasteiger partial charge in [0.25, 0.3) is 0 Å². The lowest BCUT2D eigenvalue weighted by molar-refractivity contribution is -0.137. The summed E-state index contributed by atoms with van der Waals surface area (Å²) in [7, 11) is 0. The standard InChI is InChI=1S/C12H4Cl2F3N3O2/c13-7-1-6(12(15,16)17)2-8(14)10(7)20-4-5(3-18)9(19-20)11(21)22/h1-2,4H,(H,21,22). The minimum atomic E-state index is -4.64. The number of alkyl halides is 3. The first kappa shape index (κ1) is 16.1. The van der Waals surface area contributed by atoms with Crippen molar-refractivity contribution >= 4 is 29.2 Å². The molecule has 0 bridgehead atoms. The van der Waals surface area contributed by atoms with Crippen molar-refractivity contribution in [3.63, 3.8) is 0 Å². The monoisotopic (exact) mass is 349 g/mol. The molecule has 10 heteroatoms. The van der Waals surface area contributed by atoms with Crippen LogP contribution in [-0.2, 0) is 6.18 Å². The van der Waals surface area contributed by atoms with Gasteiger partial charge in [-0.1, -0.05) is 23.2 Å². The van der Waals surface area contributed by atoms with Crippen LogP contribution in [0.3, 0.4) is 0 Å². The molecule has 0 saturated heterocycles. The Morgan fingerprint density at radius 3 is 2.23 bits per heavy atom. The summed E-state index contributed by atoms with van der Waals surface area (Å²) in [5.41, 5.74) is -2.05. The van der Waals surface area contributed by atoms with Crippen molar-refractivity contribution in [2.45, 2.75) is 6.18 Å². The summed E-state index contributed by atoms with van der Waals surface area (Å²) < 4.78 is 38.8. The summed E-state index contributed by atoms with van der Waals surface area (Å²) in [6.07, 6.45) is -3.62. The number of halogens is 5. The third kappa shape index (κ3) is 2.86. The second-order valence-electron chi connectivity index (χ2n) is 4.04. The van der Waals surface area contributed by atoms with Gasteiger partial charge in [-0.15, -0.1) is 0 Å². The van der Waals surface area contributed by atoms with Gasteiger partial charge in [0.15, 0.2) is 5.69 Å². The van der Waals surface area contributed by atoms with Gasteiger partial charge in [0.2, 0.25) is 0 Å². The van der Waals surface area contributed by atoms with Crippen LogP contribution in [0.2, 0.25) is 10.0 Å². The summed E-state index contributed by atoms with van der Waals surface area (Å²) in [6, 6.07) is 2.88. The molecule has 0 radical (unpaired) electrons. The fourth-order valence-electron chi connectivity index (χ4n) is 1.68. The maximum atomic E-state index is 12.7. The molecule has 0 aliphatic rings. The van der Waals surface area contributed by atoms with E-state index in [1.807, 2.05) is 0 Å². The molecule has 1 N–H and O–H groups in total. The van der Waals surface area contributed by atoms with Crippen molar-refractivity contribution in [2.24, 2.45) is 0 Å². The molecule has 2 aromatic rings. The molecule has 0 fully saturated rings. The van der Waals surface area contributed by atoms with Crippen molar-refractivity contribution in [1.29, 1.82) is 5.26 Å². The lowest BCUT2D eigenvalue weighted by Gasteiger charge is -2.12. The van der Waals surface area contributed by atoms with Crippen molar-refractivity contribution in [2.75, 3.05) is 0 Å². The molecule has 1 heterocycles. The van der Waals surface area contributed by atoms with E-state index >= 15 is 0 Å². The first-order valence-electron chi connectivity index (χ1n) is 5.45. The molecule has 5 nitrogen and oxygen atoms in total. The molecule has 114 valence electrons. The van der Waals surface area contributed by atoms with E-state index in [2.05, 4.69) is 5.10 Å². The highest BCUT2D eigenvalue weighted by Crippen LogP contribution is 2.37. The van der Waals surface area contributed by atoms with Gasteiger partial charge in [-0.05, 0) is 12.1 Å². The van der Waals surface area contributed by atoms with Crippen LogP contribution >= 0.6 is 23.2 Å². The number of hydrogen-bond acceptors (Lipinski definition) is 3. The molecule has 0 saturated carbocycles. The number of carbonyl (C=O) groups is 1. The maximum Gasteiger partial charge on any atom is 0.416 e. The van der Waals surface area contributed by atoms with Crippen LogP contribution in [0.15, 0.2) is 18.3 Å². The third-order valence-electron chi connectivity index (χ3n) is 2.61. The summed E-state index contributed by atoms with van der Waals surface area (Å²) in [4.78, 5) is 10.9. The highest BCUT2D eigenvalue weighted by atomic mass is 35.5. The molecule has 0 amide bonds. The van der Waals surface area contributed by atoms with Gasteiger partial charge < -0.3 is 5.11 Å². The normalized spacial score (nSPS) is 11.3. The molecule has 1 aromatic carbocycles. The third-order valence-corrected chi connectivity index (χ3v) is 3.19. The Kier molecular flexibility index (Phi) is 4.04. The largest absolute Gasteiger partial charge is 0.476 e. The Balaban J connectivity index is 2.64. The number of hydrogen-bond donors (Lipinski definition) is 1. The number of aromatic nitrogens is 2. The zero-order chi connectivity index (χ0) is 16.7. The minimum Gasteiger partial charge on any atom is -0.476 e. The van der Waals surface area contributed by atoms with Gasteiger partial charge in [-0.2, -0.15) is 23.5 Å². The molecular formula is C12H4Cl2F3N3O2. The number of benzene rings is 1. The van der Waals surface area contributed by atoms with Gasteiger partial charge in [-0.3, -0.25) is 0 Å². The lowest BCUT2D eigenvalue weighted by Crippen LogP contribution is -2.07. The van der Waals surface area contributed by atoms with E-state index in [4.69, 9.17) is 33.6 Å². The predicted molar refractivity (Wildman–Crippen MR) is 70.3 cm³/mol. The van der Waals surface area contributed by atoms with E-state index in [1.165, 1.54) is 0 Å². The van der Waals surface area contributed by atoms with Crippen molar-refractivity contribution in [3.05, 3.63) is 45.2 Å². The fourth-order valence-corrected chi connectivity index (χ4v) is 2.34. The van der Waals surface area contributed by atoms with Crippen LogP contribution in [0.1, 0.15) is 21.6 Å². The molecule has 1 aromatic heterocycles. The summed E-state index contributed by atoms with van der Waals surface area (Å²) in [5.74, 6) is -1.46. The van der Waals surface area contributed by atoms with Gasteiger partial charge in [-0.25, -0.2) is 9.48 Å². The maximum absolute atomic E-state index is 12.7. The smallest absolute Gasteiger partial charge is 0.416 e. The molecule has 22 heavy (non-hydrogen) atoms. The van der Waals surface area contributed by atoms with Crippen LogP contribution in [-0.4, -0.2) is 20.9 Å². The topological polar surface area (TPSA) is 78.9 Å². The molecule has 2 rings (SSSR count). The van der Waals surface area contributed by atoms with Gasteiger partial charge in [0, 0.05) is 6.20 Å². The zero-order valence-electron chi connectivity index (χ0n) is 10.3. The number of nitriles is 1. The van der Waals surface area contributed by atoms with Crippen LogP contribution in [0.25, 0.3) is 5.69 Å². The number of nitrogens with zero attached hydrogens (tertiary/aromatic N) is 3. The van der Waals surface area contributed by atoms with E-state index in [0.717, 1.165) is 10.9 Å². The van der Waals surface area contributed by atoms with Crippen molar-refractivity contribution in [3.8, 4) is 11.8 Å². The second-order valence-corrected chi connectivity index (χ2v) is 4.85. The SMILES string of the molecule is N#Cc1cn(-c2c(Cl)cc(C(F)(F)F)cc2Cl)nc1C(=O)O. The van der Waals surface area contributed by atoms with Crippen LogP contribution < -0.4 is 0 Å². The Hall–Kier alpha value is -2.24. The molecule has 0 spiro atoms. The Bertz CT molecular complexity index is 786. The minimum absolute atomic E-state index is 0.152. The molecular weight excluding hydrogens is 346 g/mol. The number of carboxylic acids is 1. The van der Waals surface area contributed by atoms with E-state index < -0.39 is 23.4 Å². The van der Waals surface area contributed by atoms with E-state index in [0.29, 0.717) is 12.1 Å². The number of rotatable bonds is 2. The summed E-state index contributed by atoms with van der Waals surface area (Å²) in [6.45, 7) is 0. The fraction of sp³-hybridized carbons (Fsp3) is 0.0833. The molecule has 0 unspecified atom stereocenters. The van der Waals surface area contributed by atoms with Gasteiger partial charge >= 0.3 is 12.1 Å². The Morgan fingerprint density at radius 2 is 1.86 bits per heavy atom. The first-order chi connectivity index (χ1) is 10.1. The van der Waals surface area contributed by atoms with Crippen LogP contribution in [0, 0.1) is 11.3 Å². The van der Waals surface area contributed by atoms with E-state index in [1.54, 1.807) is 6.07 Å². The summed E-state index contributed by atoms with van der Waals surface area (Å²) in [5, 5.41) is 20.6. The molecule has 0 aliphatic carbocycles. The zero-order valence-corrected chi connectivity index (χ0v) is 11.8.